The van der Waals surface area contributed by atoms with Crippen LogP contribution in [0.2, 0.25) is 0 Å². The van der Waals surface area contributed by atoms with E-state index in [0.29, 0.717) is 5.92 Å². The van der Waals surface area contributed by atoms with E-state index in [1.54, 1.807) is 0 Å². The van der Waals surface area contributed by atoms with E-state index in [2.05, 4.69) is 13.8 Å². The summed E-state index contributed by atoms with van der Waals surface area (Å²) in [4.78, 5) is 0. The van der Waals surface area contributed by atoms with Gasteiger partial charge in [0.15, 0.2) is 0 Å². The first kappa shape index (κ1) is 11.4. The smallest absolute Gasteiger partial charge is 0.0568 e. The maximum Gasteiger partial charge on any atom is 0.0568 e. The van der Waals surface area contributed by atoms with Gasteiger partial charge in [0.1, 0.15) is 0 Å². The lowest BCUT2D eigenvalue weighted by molar-refractivity contribution is 0.0272. The molecule has 1 nitrogen and oxygen atoms in total. The molecule has 0 aromatic heterocycles. The molecular weight excluding hydrogens is 184 g/mol. The predicted molar refractivity (Wildman–Crippen MR) is 63.6 cm³/mol. The fraction of sp³-hybridized carbons (Fsp3) is 1.00. The Hall–Kier alpha value is -0.0400. The molecule has 0 bridgehead atoms. The Kier molecular flexibility index (Phi) is 3.71. The van der Waals surface area contributed by atoms with E-state index in [0.717, 1.165) is 24.2 Å². The second-order valence-electron chi connectivity index (χ2n) is 6.14. The lowest BCUT2D eigenvalue weighted by Crippen LogP contribution is -2.32. The van der Waals surface area contributed by atoms with Crippen molar-refractivity contribution in [3.63, 3.8) is 0 Å². The molecule has 2 saturated carbocycles. The molecule has 0 amide bonds. The van der Waals surface area contributed by atoms with Gasteiger partial charge in [0.25, 0.3) is 0 Å². The van der Waals surface area contributed by atoms with Gasteiger partial charge in [0.2, 0.25) is 0 Å². The van der Waals surface area contributed by atoms with Crippen molar-refractivity contribution in [3.8, 4) is 0 Å². The minimum absolute atomic E-state index is 0.0110. The first-order chi connectivity index (χ1) is 7.16. The van der Waals surface area contributed by atoms with Crippen LogP contribution in [0.25, 0.3) is 0 Å². The molecule has 2 fully saturated rings. The molecule has 1 heteroatoms. The summed E-state index contributed by atoms with van der Waals surface area (Å²) in [7, 11) is 0. The fourth-order valence-electron chi connectivity index (χ4n) is 3.52. The Morgan fingerprint density at radius 2 is 1.40 bits per heavy atom. The van der Waals surface area contributed by atoms with E-state index in [4.69, 9.17) is 0 Å². The summed E-state index contributed by atoms with van der Waals surface area (Å²) in [6, 6.07) is 0. The average molecular weight is 210 g/mol. The summed E-state index contributed by atoms with van der Waals surface area (Å²) in [5.41, 5.74) is 0. The van der Waals surface area contributed by atoms with Gasteiger partial charge in [0, 0.05) is 0 Å². The lowest BCUT2D eigenvalue weighted by Gasteiger charge is -2.38. The van der Waals surface area contributed by atoms with Crippen molar-refractivity contribution in [2.45, 2.75) is 64.9 Å². The molecule has 2 rings (SSSR count). The minimum atomic E-state index is -0.0110. The van der Waals surface area contributed by atoms with E-state index in [9.17, 15) is 5.11 Å². The summed E-state index contributed by atoms with van der Waals surface area (Å²) >= 11 is 0. The lowest BCUT2D eigenvalue weighted by atomic mass is 9.69. The van der Waals surface area contributed by atoms with Gasteiger partial charge in [-0.15, -0.1) is 0 Å². The van der Waals surface area contributed by atoms with E-state index < -0.39 is 0 Å². The van der Waals surface area contributed by atoms with Crippen LogP contribution in [0.3, 0.4) is 0 Å². The van der Waals surface area contributed by atoms with E-state index in [-0.39, 0.29) is 6.10 Å². The van der Waals surface area contributed by atoms with Crippen molar-refractivity contribution < 1.29 is 5.11 Å². The SMILES string of the molecule is CC1CCC(C2CCC(C)C(O)C2)CC1. The topological polar surface area (TPSA) is 20.2 Å². The standard InChI is InChI=1S/C14H26O/c1-10-3-6-12(7-4-10)13-8-5-11(2)14(15)9-13/h10-15H,3-9H2,1-2H3. The Labute approximate surface area is 94.3 Å². The van der Waals surface area contributed by atoms with Gasteiger partial charge in [0.05, 0.1) is 6.10 Å². The summed E-state index contributed by atoms with van der Waals surface area (Å²) < 4.78 is 0. The highest BCUT2D eigenvalue weighted by Crippen LogP contribution is 2.41. The normalized spacial score (nSPS) is 47.8. The number of hydrogen-bond acceptors (Lipinski definition) is 1. The van der Waals surface area contributed by atoms with Crippen LogP contribution in [0.1, 0.15) is 58.8 Å². The third-order valence-electron chi connectivity index (χ3n) is 4.92. The number of hydrogen-bond donors (Lipinski definition) is 1. The van der Waals surface area contributed by atoms with Crippen molar-refractivity contribution >= 4 is 0 Å². The molecule has 0 aliphatic heterocycles. The van der Waals surface area contributed by atoms with Crippen LogP contribution in [0, 0.1) is 23.7 Å². The fourth-order valence-corrected chi connectivity index (χ4v) is 3.52. The number of aliphatic hydroxyl groups excluding tert-OH is 1. The molecule has 2 aliphatic carbocycles. The van der Waals surface area contributed by atoms with Crippen LogP contribution in [-0.2, 0) is 0 Å². The maximum absolute atomic E-state index is 9.93. The van der Waals surface area contributed by atoms with Crippen molar-refractivity contribution in [2.75, 3.05) is 0 Å². The van der Waals surface area contributed by atoms with Crippen molar-refractivity contribution in [3.05, 3.63) is 0 Å². The van der Waals surface area contributed by atoms with Gasteiger partial charge in [-0.2, -0.15) is 0 Å². The zero-order valence-electron chi connectivity index (χ0n) is 10.3. The summed E-state index contributed by atoms with van der Waals surface area (Å²) in [6.45, 7) is 4.58. The Morgan fingerprint density at radius 3 is 2.00 bits per heavy atom. The molecule has 3 unspecified atom stereocenters. The Bertz CT molecular complexity index is 194. The van der Waals surface area contributed by atoms with Gasteiger partial charge in [-0.3, -0.25) is 0 Å². The first-order valence-electron chi connectivity index (χ1n) is 6.85. The van der Waals surface area contributed by atoms with Crippen LogP contribution in [-0.4, -0.2) is 11.2 Å². The van der Waals surface area contributed by atoms with Gasteiger partial charge in [-0.25, -0.2) is 0 Å². The van der Waals surface area contributed by atoms with Gasteiger partial charge in [-0.05, 0) is 55.8 Å². The largest absolute Gasteiger partial charge is 0.393 e. The molecule has 88 valence electrons. The molecule has 0 spiro atoms. The highest BCUT2D eigenvalue weighted by molar-refractivity contribution is 4.83. The second-order valence-corrected chi connectivity index (χ2v) is 6.14. The summed E-state index contributed by atoms with van der Waals surface area (Å²) in [5.74, 6) is 3.27. The van der Waals surface area contributed by atoms with Gasteiger partial charge < -0.3 is 5.11 Å². The van der Waals surface area contributed by atoms with E-state index in [1.807, 2.05) is 0 Å². The van der Waals surface area contributed by atoms with Crippen molar-refractivity contribution in [1.29, 1.82) is 0 Å². The number of aliphatic hydroxyl groups is 1. The third kappa shape index (κ3) is 2.75. The Morgan fingerprint density at radius 1 is 0.800 bits per heavy atom. The Balaban J connectivity index is 1.84. The molecule has 3 atom stereocenters. The highest BCUT2D eigenvalue weighted by atomic mass is 16.3. The zero-order valence-corrected chi connectivity index (χ0v) is 10.3. The molecule has 0 saturated heterocycles. The third-order valence-corrected chi connectivity index (χ3v) is 4.92. The highest BCUT2D eigenvalue weighted by Gasteiger charge is 2.32. The summed E-state index contributed by atoms with van der Waals surface area (Å²) in [5, 5.41) is 9.93. The quantitative estimate of drug-likeness (QED) is 0.701. The molecule has 0 aromatic carbocycles. The molecule has 0 aromatic rings. The first-order valence-corrected chi connectivity index (χ1v) is 6.85. The van der Waals surface area contributed by atoms with Gasteiger partial charge in [-0.1, -0.05) is 26.7 Å². The predicted octanol–water partition coefficient (Wildman–Crippen LogP) is 3.61. The summed E-state index contributed by atoms with van der Waals surface area (Å²) in [6.07, 6.45) is 9.39. The van der Waals surface area contributed by atoms with Crippen LogP contribution in [0.15, 0.2) is 0 Å². The molecule has 0 radical (unpaired) electrons. The average Bonchev–Trinajstić information content (AvgIpc) is 2.23. The van der Waals surface area contributed by atoms with E-state index >= 15 is 0 Å². The van der Waals surface area contributed by atoms with Gasteiger partial charge >= 0.3 is 0 Å². The second kappa shape index (κ2) is 4.86. The molecule has 15 heavy (non-hydrogen) atoms. The van der Waals surface area contributed by atoms with Crippen LogP contribution < -0.4 is 0 Å². The van der Waals surface area contributed by atoms with Crippen LogP contribution >= 0.6 is 0 Å². The van der Waals surface area contributed by atoms with Crippen molar-refractivity contribution in [2.24, 2.45) is 23.7 Å². The zero-order chi connectivity index (χ0) is 10.8. The minimum Gasteiger partial charge on any atom is -0.393 e. The number of rotatable bonds is 1. The monoisotopic (exact) mass is 210 g/mol. The van der Waals surface area contributed by atoms with Crippen LogP contribution in [0.4, 0.5) is 0 Å². The van der Waals surface area contributed by atoms with Crippen LogP contribution in [0.5, 0.6) is 0 Å². The molecule has 0 heterocycles. The van der Waals surface area contributed by atoms with E-state index in [1.165, 1.54) is 38.5 Å². The maximum atomic E-state index is 9.93. The molecular formula is C14H26O. The molecule has 2 aliphatic rings. The van der Waals surface area contributed by atoms with Crippen molar-refractivity contribution in [1.82, 2.24) is 0 Å². The molecule has 1 N–H and O–H groups in total.